The van der Waals surface area contributed by atoms with Crippen LogP contribution >= 0.6 is 46.7 Å². The quantitative estimate of drug-likeness (QED) is 0.386. The molecule has 0 saturated carbocycles. The van der Waals surface area contributed by atoms with E-state index in [0.29, 0.717) is 9.79 Å². The number of halogens is 2. The van der Waals surface area contributed by atoms with Gasteiger partial charge in [0.1, 0.15) is 0 Å². The van der Waals surface area contributed by atoms with Crippen LogP contribution in [0.25, 0.3) is 0 Å². The Morgan fingerprint density at radius 3 is 1.23 bits per heavy atom. The van der Waals surface area contributed by atoms with E-state index in [-0.39, 0.29) is 10.0 Å². The zero-order valence-corrected chi connectivity index (χ0v) is 19.0. The maximum absolute atomic E-state index is 11.8. The molecule has 0 aliphatic rings. The topological polar surface area (TPSA) is 74.6 Å². The van der Waals surface area contributed by atoms with Crippen LogP contribution in [-0.4, -0.2) is 22.2 Å². The lowest BCUT2D eigenvalue weighted by Crippen LogP contribution is -2.11. The summed E-state index contributed by atoms with van der Waals surface area (Å²) in [5.41, 5.74) is 1.12. The van der Waals surface area contributed by atoms with E-state index < -0.39 is 23.1 Å². The number of carbonyl (C=O) groups is 2. The summed E-state index contributed by atoms with van der Waals surface area (Å²) in [6.45, 7) is 3.92. The molecule has 8 heteroatoms. The summed E-state index contributed by atoms with van der Waals surface area (Å²) in [6, 6.07) is 15.2. The predicted molar refractivity (Wildman–Crippen MR) is 121 cm³/mol. The molecule has 154 valence electrons. The minimum Gasteiger partial charge on any atom is -0.478 e. The van der Waals surface area contributed by atoms with Gasteiger partial charge in [0.05, 0.1) is 21.2 Å². The Bertz CT molecular complexity index is 1040. The number of hydrogen-bond donors (Lipinski definition) is 2. The van der Waals surface area contributed by atoms with Crippen LogP contribution < -0.4 is 0 Å². The van der Waals surface area contributed by atoms with Crippen molar-refractivity contribution in [3.63, 3.8) is 0 Å². The number of aryl methyl sites for hydroxylation is 2. The van der Waals surface area contributed by atoms with E-state index in [1.54, 1.807) is 0 Å². The molecule has 0 unspecified atom stereocenters. The van der Waals surface area contributed by atoms with Crippen molar-refractivity contribution < 1.29 is 19.8 Å². The van der Waals surface area contributed by atoms with Crippen LogP contribution in [-0.2, 0) is 0 Å². The molecule has 0 bridgehead atoms. The SMILES string of the molecule is Cc1ccc(Sc2c(Cl)c(C(=O)O)c(C(=O)O)c(Cl)c2Sc2ccc(C)cc2)cc1. The largest absolute Gasteiger partial charge is 0.478 e. The van der Waals surface area contributed by atoms with Gasteiger partial charge >= 0.3 is 11.9 Å². The number of carboxylic acids is 2. The van der Waals surface area contributed by atoms with Crippen molar-refractivity contribution in [2.75, 3.05) is 0 Å². The van der Waals surface area contributed by atoms with Crippen LogP contribution in [0.1, 0.15) is 31.8 Å². The Balaban J connectivity index is 2.24. The van der Waals surface area contributed by atoms with Crippen molar-refractivity contribution >= 4 is 58.7 Å². The van der Waals surface area contributed by atoms with Crippen LogP contribution in [0.5, 0.6) is 0 Å². The highest BCUT2D eigenvalue weighted by molar-refractivity contribution is 8.02. The molecule has 0 aliphatic heterocycles. The molecular formula is C22H16Cl2O4S2. The lowest BCUT2D eigenvalue weighted by molar-refractivity contribution is 0.0651. The third kappa shape index (κ3) is 4.78. The maximum Gasteiger partial charge on any atom is 0.338 e. The summed E-state index contributed by atoms with van der Waals surface area (Å²) in [4.78, 5) is 26.1. The standard InChI is InChI=1S/C22H16Cl2O4S2/c1-11-3-7-13(8-4-11)29-19-17(23)15(21(25)26)16(22(27)28)18(24)20(19)30-14-9-5-12(2)6-10-14/h3-10H,1-2H3,(H,25,26)(H,27,28). The molecule has 0 aliphatic carbocycles. The first-order valence-electron chi connectivity index (χ1n) is 8.69. The monoisotopic (exact) mass is 478 g/mol. The van der Waals surface area contributed by atoms with Crippen molar-refractivity contribution in [3.8, 4) is 0 Å². The van der Waals surface area contributed by atoms with Gasteiger partial charge in [0.25, 0.3) is 0 Å². The van der Waals surface area contributed by atoms with Crippen molar-refractivity contribution in [2.45, 2.75) is 33.4 Å². The van der Waals surface area contributed by atoms with Crippen LogP contribution in [0.15, 0.2) is 68.1 Å². The van der Waals surface area contributed by atoms with Crippen molar-refractivity contribution in [3.05, 3.63) is 80.8 Å². The lowest BCUT2D eigenvalue weighted by atomic mass is 10.1. The molecule has 3 aromatic carbocycles. The summed E-state index contributed by atoms with van der Waals surface area (Å²) < 4.78 is 0. The van der Waals surface area contributed by atoms with Gasteiger partial charge in [0.15, 0.2) is 0 Å². The molecule has 3 rings (SSSR count). The van der Waals surface area contributed by atoms with E-state index in [9.17, 15) is 19.8 Å². The zero-order valence-electron chi connectivity index (χ0n) is 15.9. The van der Waals surface area contributed by atoms with E-state index in [4.69, 9.17) is 23.2 Å². The van der Waals surface area contributed by atoms with E-state index in [2.05, 4.69) is 0 Å². The Morgan fingerprint density at radius 2 is 0.967 bits per heavy atom. The first-order valence-corrected chi connectivity index (χ1v) is 11.1. The number of hydrogen-bond acceptors (Lipinski definition) is 4. The number of aromatic carboxylic acids is 2. The van der Waals surface area contributed by atoms with Gasteiger partial charge < -0.3 is 10.2 Å². The summed E-state index contributed by atoms with van der Waals surface area (Å²) in [5.74, 6) is -2.89. The fraction of sp³-hybridized carbons (Fsp3) is 0.0909. The van der Waals surface area contributed by atoms with Gasteiger partial charge in [-0.2, -0.15) is 0 Å². The van der Waals surface area contributed by atoms with Crippen molar-refractivity contribution in [1.29, 1.82) is 0 Å². The first-order chi connectivity index (χ1) is 14.2. The van der Waals surface area contributed by atoms with E-state index in [1.165, 1.54) is 23.5 Å². The first kappa shape index (κ1) is 22.6. The van der Waals surface area contributed by atoms with Crippen molar-refractivity contribution in [2.24, 2.45) is 0 Å². The maximum atomic E-state index is 11.8. The molecular weight excluding hydrogens is 463 g/mol. The average Bonchev–Trinajstić information content (AvgIpc) is 2.69. The molecule has 0 saturated heterocycles. The Labute approximate surface area is 192 Å². The second kappa shape index (κ2) is 9.35. The highest BCUT2D eigenvalue weighted by Gasteiger charge is 2.30. The normalized spacial score (nSPS) is 10.8. The highest BCUT2D eigenvalue weighted by Crippen LogP contribution is 2.49. The summed E-state index contributed by atoms with van der Waals surface area (Å²) in [5, 5.41) is 19.0. The van der Waals surface area contributed by atoms with Gasteiger partial charge in [0.2, 0.25) is 0 Å². The van der Waals surface area contributed by atoms with Gasteiger partial charge in [-0.3, -0.25) is 0 Å². The number of carboxylic acid groups (broad SMARTS) is 2. The highest BCUT2D eigenvalue weighted by atomic mass is 35.5. The summed E-state index contributed by atoms with van der Waals surface area (Å²) in [6.07, 6.45) is 0. The van der Waals surface area contributed by atoms with Gasteiger partial charge in [-0.1, -0.05) is 82.1 Å². The van der Waals surface area contributed by atoms with Gasteiger partial charge in [0, 0.05) is 19.6 Å². The third-order valence-corrected chi connectivity index (χ3v) is 7.55. The van der Waals surface area contributed by atoms with E-state index in [1.807, 2.05) is 62.4 Å². The predicted octanol–water partition coefficient (Wildman–Crippen LogP) is 7.31. The van der Waals surface area contributed by atoms with Crippen LogP contribution in [0.4, 0.5) is 0 Å². The fourth-order valence-electron chi connectivity index (χ4n) is 2.68. The van der Waals surface area contributed by atoms with Gasteiger partial charge in [-0.25, -0.2) is 9.59 Å². The fourth-order valence-corrected chi connectivity index (χ4v) is 5.60. The molecule has 0 aromatic heterocycles. The van der Waals surface area contributed by atoms with Crippen LogP contribution in [0.3, 0.4) is 0 Å². The molecule has 0 spiro atoms. The summed E-state index contributed by atoms with van der Waals surface area (Å²) >= 11 is 15.4. The minimum absolute atomic E-state index is 0.149. The molecule has 30 heavy (non-hydrogen) atoms. The van der Waals surface area contributed by atoms with Crippen molar-refractivity contribution in [1.82, 2.24) is 0 Å². The molecule has 0 amide bonds. The zero-order chi connectivity index (χ0) is 22.0. The molecule has 3 aromatic rings. The Hall–Kier alpha value is -2.12. The molecule has 0 fully saturated rings. The van der Waals surface area contributed by atoms with Crippen LogP contribution in [0.2, 0.25) is 10.0 Å². The number of benzene rings is 3. The molecule has 0 radical (unpaired) electrons. The lowest BCUT2D eigenvalue weighted by Gasteiger charge is -2.18. The second-order valence-electron chi connectivity index (χ2n) is 6.48. The van der Waals surface area contributed by atoms with E-state index >= 15 is 0 Å². The van der Waals surface area contributed by atoms with Gasteiger partial charge in [-0.15, -0.1) is 0 Å². The number of rotatable bonds is 6. The molecule has 0 heterocycles. The third-order valence-electron chi connectivity index (χ3n) is 4.20. The smallest absolute Gasteiger partial charge is 0.338 e. The molecule has 2 N–H and O–H groups in total. The Morgan fingerprint density at radius 1 is 0.667 bits per heavy atom. The molecule has 4 nitrogen and oxygen atoms in total. The second-order valence-corrected chi connectivity index (χ2v) is 9.40. The van der Waals surface area contributed by atoms with Gasteiger partial charge in [-0.05, 0) is 38.1 Å². The van der Waals surface area contributed by atoms with Crippen LogP contribution in [0, 0.1) is 13.8 Å². The van der Waals surface area contributed by atoms with E-state index in [0.717, 1.165) is 20.9 Å². The Kier molecular flexibility index (Phi) is 7.03. The molecule has 0 atom stereocenters. The summed E-state index contributed by atoms with van der Waals surface area (Å²) in [7, 11) is 0. The average molecular weight is 479 g/mol. The minimum atomic E-state index is -1.45.